The van der Waals surface area contributed by atoms with Crippen molar-refractivity contribution in [3.8, 4) is 11.5 Å². The Morgan fingerprint density at radius 3 is 2.92 bits per heavy atom. The van der Waals surface area contributed by atoms with Crippen molar-refractivity contribution in [1.29, 1.82) is 0 Å². The van der Waals surface area contributed by atoms with E-state index in [0.29, 0.717) is 13.2 Å². The average molecular weight is 367 g/mol. The van der Waals surface area contributed by atoms with E-state index < -0.39 is 0 Å². The highest BCUT2D eigenvalue weighted by Gasteiger charge is 2.21. The smallest absolute Gasteiger partial charge is 0.161 e. The van der Waals surface area contributed by atoms with Gasteiger partial charge in [0, 0.05) is 11.4 Å². The predicted molar refractivity (Wildman–Crippen MR) is 104 cm³/mol. The van der Waals surface area contributed by atoms with Gasteiger partial charge in [0.1, 0.15) is 29.7 Å². The van der Waals surface area contributed by atoms with E-state index in [1.807, 2.05) is 24.3 Å². The molecule has 2 aromatic heterocycles. The van der Waals surface area contributed by atoms with Gasteiger partial charge < -0.3 is 14.8 Å². The molecule has 3 aromatic rings. The monoisotopic (exact) mass is 367 g/mol. The minimum atomic E-state index is 0.621. The summed E-state index contributed by atoms with van der Waals surface area (Å²) in [6, 6.07) is 6.19. The van der Waals surface area contributed by atoms with E-state index in [1.54, 1.807) is 0 Å². The summed E-state index contributed by atoms with van der Waals surface area (Å²) in [7, 11) is 0. The van der Waals surface area contributed by atoms with E-state index in [9.17, 15) is 0 Å². The minimum Gasteiger partial charge on any atom is -0.486 e. The molecule has 0 saturated carbocycles. The number of nitrogens with one attached hydrogen (secondary N) is 1. The highest BCUT2D eigenvalue weighted by atomic mass is 32.1. The van der Waals surface area contributed by atoms with E-state index in [2.05, 4.69) is 22.4 Å². The summed E-state index contributed by atoms with van der Waals surface area (Å²) in [6.45, 7) is 4.05. The van der Waals surface area contributed by atoms with E-state index >= 15 is 0 Å². The van der Waals surface area contributed by atoms with Crippen molar-refractivity contribution in [2.24, 2.45) is 0 Å². The molecule has 6 heteroatoms. The van der Waals surface area contributed by atoms with E-state index in [4.69, 9.17) is 14.5 Å². The predicted octanol–water partition coefficient (Wildman–Crippen LogP) is 3.91. The summed E-state index contributed by atoms with van der Waals surface area (Å²) in [5, 5.41) is 4.80. The molecular formula is C20H21N3O2S. The van der Waals surface area contributed by atoms with Crippen LogP contribution >= 0.6 is 11.3 Å². The molecule has 5 nitrogen and oxygen atoms in total. The number of aromatic nitrogens is 2. The van der Waals surface area contributed by atoms with Crippen molar-refractivity contribution < 1.29 is 9.47 Å². The van der Waals surface area contributed by atoms with Crippen LogP contribution in [0.4, 0.5) is 5.82 Å². The number of benzene rings is 1. The summed E-state index contributed by atoms with van der Waals surface area (Å²) < 4.78 is 11.3. The first-order valence-corrected chi connectivity index (χ1v) is 10.0. The number of anilines is 1. The second-order valence-corrected chi connectivity index (χ2v) is 7.90. The first kappa shape index (κ1) is 15.9. The molecule has 0 spiro atoms. The van der Waals surface area contributed by atoms with Crippen LogP contribution in [0.25, 0.3) is 10.2 Å². The Morgan fingerprint density at radius 1 is 1.12 bits per heavy atom. The normalized spacial score (nSPS) is 15.3. The Morgan fingerprint density at radius 2 is 2.00 bits per heavy atom. The molecule has 0 unspecified atom stereocenters. The zero-order chi connectivity index (χ0) is 17.5. The van der Waals surface area contributed by atoms with Gasteiger partial charge in [-0.05, 0) is 55.9 Å². The Bertz CT molecular complexity index is 983. The van der Waals surface area contributed by atoms with Crippen LogP contribution in [-0.4, -0.2) is 29.7 Å². The lowest BCUT2D eigenvalue weighted by Gasteiger charge is -2.19. The van der Waals surface area contributed by atoms with Crippen molar-refractivity contribution >= 4 is 27.4 Å². The van der Waals surface area contributed by atoms with Crippen LogP contribution in [0.15, 0.2) is 18.2 Å². The molecule has 0 bridgehead atoms. The second-order valence-electron chi connectivity index (χ2n) is 6.81. The number of nitrogens with zero attached hydrogens (tertiary/aromatic N) is 2. The lowest BCUT2D eigenvalue weighted by molar-refractivity contribution is 0.171. The third kappa shape index (κ3) is 2.78. The Balaban J connectivity index is 1.36. The molecule has 1 aliphatic heterocycles. The lowest BCUT2D eigenvalue weighted by Crippen LogP contribution is -2.15. The van der Waals surface area contributed by atoms with Crippen molar-refractivity contribution in [2.45, 2.75) is 32.6 Å². The third-order valence-corrected chi connectivity index (χ3v) is 6.17. The summed E-state index contributed by atoms with van der Waals surface area (Å²) in [6.07, 6.45) is 4.50. The zero-order valence-corrected chi connectivity index (χ0v) is 15.6. The van der Waals surface area contributed by atoms with Gasteiger partial charge >= 0.3 is 0 Å². The topological polar surface area (TPSA) is 56.3 Å². The lowest BCUT2D eigenvalue weighted by atomic mass is 10.1. The van der Waals surface area contributed by atoms with Gasteiger partial charge in [-0.15, -0.1) is 11.3 Å². The van der Waals surface area contributed by atoms with Crippen LogP contribution in [0, 0.1) is 6.92 Å². The first-order chi connectivity index (χ1) is 12.8. The van der Waals surface area contributed by atoms with Gasteiger partial charge in [0.25, 0.3) is 0 Å². The Labute approximate surface area is 156 Å². The fourth-order valence-corrected chi connectivity index (χ4v) is 5.11. The van der Waals surface area contributed by atoms with E-state index in [0.717, 1.165) is 47.4 Å². The molecule has 26 heavy (non-hydrogen) atoms. The number of rotatable bonds is 4. The molecule has 3 heterocycles. The van der Waals surface area contributed by atoms with Gasteiger partial charge in [-0.2, -0.15) is 0 Å². The van der Waals surface area contributed by atoms with Crippen LogP contribution in [0.2, 0.25) is 0 Å². The van der Waals surface area contributed by atoms with Crippen LogP contribution < -0.4 is 14.8 Å². The van der Waals surface area contributed by atoms with E-state index in [1.165, 1.54) is 34.2 Å². The number of thiophene rings is 1. The summed E-state index contributed by atoms with van der Waals surface area (Å²) in [4.78, 5) is 12.0. The average Bonchev–Trinajstić information content (AvgIpc) is 3.22. The standard InChI is InChI=1S/C20H21N3O2S/c1-12-22-19(18-14-3-2-4-17(14)26-20(18)23-12)21-8-7-13-5-6-15-16(11-13)25-10-9-24-15/h5-6,11H,2-4,7-10H2,1H3,(H,21,22,23). The van der Waals surface area contributed by atoms with Crippen LogP contribution in [0.5, 0.6) is 11.5 Å². The number of fused-ring (bicyclic) bond motifs is 4. The van der Waals surface area contributed by atoms with Gasteiger partial charge in [0.2, 0.25) is 0 Å². The Kier molecular flexibility index (Phi) is 3.93. The molecule has 5 rings (SSSR count). The summed E-state index contributed by atoms with van der Waals surface area (Å²) in [5.74, 6) is 3.52. The fraction of sp³-hybridized carbons (Fsp3) is 0.400. The number of aryl methyl sites for hydroxylation is 3. The molecule has 0 amide bonds. The number of hydrogen-bond donors (Lipinski definition) is 1. The minimum absolute atomic E-state index is 0.621. The summed E-state index contributed by atoms with van der Waals surface area (Å²) >= 11 is 1.84. The molecule has 134 valence electrons. The molecule has 0 saturated heterocycles. The van der Waals surface area contributed by atoms with Gasteiger partial charge in [-0.25, -0.2) is 9.97 Å². The SMILES string of the molecule is Cc1nc(NCCc2ccc3c(c2)OCCO3)c2c3c(sc2n1)CCC3. The fourth-order valence-electron chi connectivity index (χ4n) is 3.80. The molecule has 1 N–H and O–H groups in total. The maximum atomic E-state index is 5.68. The van der Waals surface area contributed by atoms with E-state index in [-0.39, 0.29) is 0 Å². The van der Waals surface area contributed by atoms with Gasteiger partial charge in [0.05, 0.1) is 5.39 Å². The largest absolute Gasteiger partial charge is 0.486 e. The first-order valence-electron chi connectivity index (χ1n) is 9.19. The van der Waals surface area contributed by atoms with Crippen molar-refractivity contribution in [2.75, 3.05) is 25.1 Å². The van der Waals surface area contributed by atoms with Gasteiger partial charge in [-0.1, -0.05) is 6.07 Å². The highest BCUT2D eigenvalue weighted by molar-refractivity contribution is 7.19. The molecule has 1 aliphatic carbocycles. The molecule has 1 aromatic carbocycles. The van der Waals surface area contributed by atoms with Crippen LogP contribution in [0.1, 0.15) is 28.2 Å². The quantitative estimate of drug-likeness (QED) is 0.758. The highest BCUT2D eigenvalue weighted by Crippen LogP contribution is 2.39. The molecular weight excluding hydrogens is 346 g/mol. The maximum Gasteiger partial charge on any atom is 0.161 e. The van der Waals surface area contributed by atoms with Crippen molar-refractivity contribution in [3.05, 3.63) is 40.0 Å². The second kappa shape index (κ2) is 6.43. The third-order valence-electron chi connectivity index (χ3n) is 4.99. The van der Waals surface area contributed by atoms with Crippen molar-refractivity contribution in [1.82, 2.24) is 9.97 Å². The number of ether oxygens (including phenoxy) is 2. The summed E-state index contributed by atoms with van der Waals surface area (Å²) in [5.41, 5.74) is 2.70. The molecule has 0 atom stereocenters. The maximum absolute atomic E-state index is 5.68. The van der Waals surface area contributed by atoms with Crippen molar-refractivity contribution in [3.63, 3.8) is 0 Å². The Hall–Kier alpha value is -2.34. The zero-order valence-electron chi connectivity index (χ0n) is 14.8. The van der Waals surface area contributed by atoms with Gasteiger partial charge in [0.15, 0.2) is 11.5 Å². The van der Waals surface area contributed by atoms with Crippen LogP contribution in [-0.2, 0) is 19.3 Å². The van der Waals surface area contributed by atoms with Gasteiger partial charge in [-0.3, -0.25) is 0 Å². The molecule has 0 fully saturated rings. The molecule has 2 aliphatic rings. The molecule has 0 radical (unpaired) electrons. The number of hydrogen-bond acceptors (Lipinski definition) is 6. The van der Waals surface area contributed by atoms with Crippen LogP contribution in [0.3, 0.4) is 0 Å².